The van der Waals surface area contributed by atoms with Gasteiger partial charge in [0.25, 0.3) is 0 Å². The molecule has 0 bridgehead atoms. The van der Waals surface area contributed by atoms with Crippen LogP contribution in [0, 0.1) is 30.6 Å². The van der Waals surface area contributed by atoms with E-state index in [0.29, 0.717) is 23.7 Å². The van der Waals surface area contributed by atoms with Crippen molar-refractivity contribution in [3.8, 4) is 5.75 Å². The molecule has 44 heavy (non-hydrogen) atoms. The van der Waals surface area contributed by atoms with Crippen molar-refractivity contribution in [3.05, 3.63) is 132 Å². The average Bonchev–Trinajstić information content (AvgIpc) is 2.99. The number of rotatable bonds is 20. The fraction of sp³-hybridized carbons (Fsp3) is 0.415. The van der Waals surface area contributed by atoms with Crippen molar-refractivity contribution in [3.63, 3.8) is 0 Å². The predicted molar refractivity (Wildman–Crippen MR) is 194 cm³/mol. The number of aryl methyl sites for hydroxylation is 1. The van der Waals surface area contributed by atoms with Crippen LogP contribution in [0.5, 0.6) is 5.75 Å². The minimum Gasteiger partial charge on any atom is -0.496 e. The van der Waals surface area contributed by atoms with E-state index in [1.54, 1.807) is 7.11 Å². The second kappa shape index (κ2) is 18.8. The number of hydrogen-bond acceptors (Lipinski definition) is 3. The van der Waals surface area contributed by atoms with E-state index in [-0.39, 0.29) is 6.04 Å². The van der Waals surface area contributed by atoms with Gasteiger partial charge in [-0.3, -0.25) is 0 Å². The SMILES string of the molecule is C=C(/C=C/CCC(C)/C=C/c1ccccc1)N[C@H](Cc1ccc(OC)c(C)c1)C(=C)NCC(C)C(=C)CC(C(=C)C)C(C)C. The van der Waals surface area contributed by atoms with Crippen LogP contribution in [0.25, 0.3) is 6.08 Å². The third-order valence-electron chi connectivity index (χ3n) is 8.46. The van der Waals surface area contributed by atoms with Crippen LogP contribution < -0.4 is 15.4 Å². The molecule has 3 heteroatoms. The third-order valence-corrected chi connectivity index (χ3v) is 8.46. The Hall–Kier alpha value is -3.72. The van der Waals surface area contributed by atoms with Gasteiger partial charge in [-0.15, -0.1) is 0 Å². The summed E-state index contributed by atoms with van der Waals surface area (Å²) in [5.41, 5.74) is 7.90. The highest BCUT2D eigenvalue weighted by Crippen LogP contribution is 2.29. The van der Waals surface area contributed by atoms with Gasteiger partial charge in [-0.05, 0) is 92.0 Å². The largest absolute Gasteiger partial charge is 0.496 e. The monoisotopic (exact) mass is 594 g/mol. The van der Waals surface area contributed by atoms with E-state index in [0.717, 1.165) is 54.9 Å². The molecular weight excluding hydrogens is 536 g/mol. The molecule has 2 aromatic rings. The number of nitrogens with one attached hydrogen (secondary N) is 2. The van der Waals surface area contributed by atoms with E-state index in [9.17, 15) is 0 Å². The first-order chi connectivity index (χ1) is 20.9. The molecule has 0 saturated heterocycles. The minimum atomic E-state index is -0.0213. The molecule has 0 aliphatic rings. The zero-order chi connectivity index (χ0) is 32.6. The van der Waals surface area contributed by atoms with Gasteiger partial charge in [0.05, 0.1) is 13.2 Å². The molecule has 0 radical (unpaired) electrons. The number of benzene rings is 2. The van der Waals surface area contributed by atoms with E-state index in [2.05, 4.69) is 139 Å². The molecule has 2 rings (SSSR count). The molecule has 0 spiro atoms. The van der Waals surface area contributed by atoms with E-state index in [1.165, 1.54) is 22.3 Å². The van der Waals surface area contributed by atoms with Gasteiger partial charge < -0.3 is 15.4 Å². The van der Waals surface area contributed by atoms with Gasteiger partial charge in [-0.25, -0.2) is 0 Å². The molecule has 238 valence electrons. The summed E-state index contributed by atoms with van der Waals surface area (Å²) < 4.78 is 5.48. The van der Waals surface area contributed by atoms with Crippen LogP contribution >= 0.6 is 0 Å². The molecular formula is C41H58N2O. The predicted octanol–water partition coefficient (Wildman–Crippen LogP) is 10.2. The van der Waals surface area contributed by atoms with Crippen LogP contribution in [0.15, 0.2) is 116 Å². The Morgan fingerprint density at radius 1 is 0.977 bits per heavy atom. The molecule has 0 saturated carbocycles. The fourth-order valence-corrected chi connectivity index (χ4v) is 5.37. The zero-order valence-corrected chi connectivity index (χ0v) is 28.6. The van der Waals surface area contributed by atoms with Gasteiger partial charge in [-0.2, -0.15) is 0 Å². The highest BCUT2D eigenvalue weighted by atomic mass is 16.5. The molecule has 0 amide bonds. The van der Waals surface area contributed by atoms with Crippen molar-refractivity contribution in [1.29, 1.82) is 0 Å². The van der Waals surface area contributed by atoms with Crippen molar-refractivity contribution in [2.75, 3.05) is 13.7 Å². The Labute approximate surface area is 269 Å². The summed E-state index contributed by atoms with van der Waals surface area (Å²) in [7, 11) is 1.71. The van der Waals surface area contributed by atoms with Gasteiger partial charge in [-0.1, -0.05) is 126 Å². The molecule has 3 unspecified atom stereocenters. The van der Waals surface area contributed by atoms with Crippen LogP contribution in [0.2, 0.25) is 0 Å². The van der Waals surface area contributed by atoms with E-state index in [1.807, 2.05) is 12.1 Å². The van der Waals surface area contributed by atoms with Gasteiger partial charge in [0.1, 0.15) is 5.75 Å². The van der Waals surface area contributed by atoms with Crippen molar-refractivity contribution < 1.29 is 4.74 Å². The topological polar surface area (TPSA) is 33.3 Å². The molecule has 0 fully saturated rings. The Morgan fingerprint density at radius 3 is 2.30 bits per heavy atom. The third kappa shape index (κ3) is 12.9. The van der Waals surface area contributed by atoms with E-state index < -0.39 is 0 Å². The molecule has 0 aromatic heterocycles. The Kier molecular flexibility index (Phi) is 15.6. The summed E-state index contributed by atoms with van der Waals surface area (Å²) >= 11 is 0. The summed E-state index contributed by atoms with van der Waals surface area (Å²) in [4.78, 5) is 0. The molecule has 0 aliphatic heterocycles. The first-order valence-corrected chi connectivity index (χ1v) is 16.2. The molecule has 2 N–H and O–H groups in total. The molecule has 3 nitrogen and oxygen atoms in total. The molecule has 4 atom stereocenters. The van der Waals surface area contributed by atoms with Gasteiger partial charge >= 0.3 is 0 Å². The number of ether oxygens (including phenoxy) is 1. The lowest BCUT2D eigenvalue weighted by molar-refractivity contribution is 0.411. The smallest absolute Gasteiger partial charge is 0.121 e. The summed E-state index contributed by atoms with van der Waals surface area (Å²) in [6, 6.07) is 16.8. The fourth-order valence-electron chi connectivity index (χ4n) is 5.37. The van der Waals surface area contributed by atoms with Crippen LogP contribution in [-0.2, 0) is 6.42 Å². The van der Waals surface area contributed by atoms with Crippen LogP contribution in [0.3, 0.4) is 0 Å². The first kappa shape index (κ1) is 36.5. The van der Waals surface area contributed by atoms with Crippen molar-refractivity contribution in [2.24, 2.45) is 23.7 Å². The number of methoxy groups -OCH3 is 1. The van der Waals surface area contributed by atoms with Crippen LogP contribution in [0.4, 0.5) is 0 Å². The second-order valence-corrected chi connectivity index (χ2v) is 12.8. The van der Waals surface area contributed by atoms with Crippen LogP contribution in [-0.4, -0.2) is 19.7 Å². The van der Waals surface area contributed by atoms with Gasteiger partial charge in [0.15, 0.2) is 0 Å². The van der Waals surface area contributed by atoms with Crippen LogP contribution in [0.1, 0.15) is 70.6 Å². The Balaban J connectivity index is 2.01. The normalized spacial score (nSPS) is 14.3. The van der Waals surface area contributed by atoms with Gasteiger partial charge in [0.2, 0.25) is 0 Å². The van der Waals surface area contributed by atoms with E-state index in [4.69, 9.17) is 4.74 Å². The molecule has 0 aliphatic carbocycles. The number of hydrogen-bond donors (Lipinski definition) is 2. The van der Waals surface area contributed by atoms with Crippen molar-refractivity contribution in [2.45, 2.75) is 73.3 Å². The van der Waals surface area contributed by atoms with E-state index >= 15 is 0 Å². The van der Waals surface area contributed by atoms with Crippen molar-refractivity contribution >= 4 is 6.08 Å². The lowest BCUT2D eigenvalue weighted by Gasteiger charge is -2.28. The lowest BCUT2D eigenvalue weighted by atomic mass is 9.82. The number of allylic oxidation sites excluding steroid dienone is 4. The maximum absolute atomic E-state index is 5.48. The second-order valence-electron chi connectivity index (χ2n) is 12.8. The summed E-state index contributed by atoms with van der Waals surface area (Å²) in [5, 5.41) is 7.27. The summed E-state index contributed by atoms with van der Waals surface area (Å²) in [6.07, 6.45) is 12.6. The quantitative estimate of drug-likeness (QED) is 0.118. The Bertz CT molecular complexity index is 1280. The first-order valence-electron chi connectivity index (χ1n) is 16.2. The van der Waals surface area contributed by atoms with Crippen molar-refractivity contribution in [1.82, 2.24) is 10.6 Å². The summed E-state index contributed by atoms with van der Waals surface area (Å²) in [5.74, 6) is 2.72. The summed E-state index contributed by atoms with van der Waals surface area (Å²) in [6.45, 7) is 31.5. The zero-order valence-electron chi connectivity index (χ0n) is 28.6. The maximum Gasteiger partial charge on any atom is 0.121 e. The average molecular weight is 595 g/mol. The molecule has 0 heterocycles. The van der Waals surface area contributed by atoms with Gasteiger partial charge in [0, 0.05) is 17.9 Å². The lowest BCUT2D eigenvalue weighted by Crippen LogP contribution is -2.38. The molecule has 2 aromatic carbocycles. The highest BCUT2D eigenvalue weighted by Gasteiger charge is 2.20. The highest BCUT2D eigenvalue weighted by molar-refractivity contribution is 5.48. The maximum atomic E-state index is 5.48. The Morgan fingerprint density at radius 2 is 1.68 bits per heavy atom. The standard InChI is InChI=1S/C41H58N2O/c1-29(2)39(30(3)4)26-32(6)34(8)28-42-36(10)40(27-38-23-24-41(44-11)33(7)25-38)43-35(9)18-16-15-17-31(5)21-22-37-19-13-12-14-20-37/h12-14,16,18-25,30-31,34,39-40,42-43H,1,6,9-10,15,17,26-28H2,2-5,7-8,11H3/b18-16+,22-21+/t31?,34?,39?,40-/m1/s1. The minimum absolute atomic E-state index is 0.0213.